The Kier molecular flexibility index (Phi) is 5.07. The summed E-state index contributed by atoms with van der Waals surface area (Å²) in [7, 11) is 0. The van der Waals surface area contributed by atoms with Crippen molar-refractivity contribution in [3.05, 3.63) is 54.4 Å². The number of hydrogen-bond acceptors (Lipinski definition) is 3. The number of para-hydroxylation sites is 1. The number of benzene rings is 1. The minimum Gasteiger partial charge on any atom is -0.388 e. The summed E-state index contributed by atoms with van der Waals surface area (Å²) in [4.78, 5) is 6.80. The molecule has 4 heteroatoms. The molecule has 0 aliphatic rings. The molecule has 2 rings (SSSR count). The summed E-state index contributed by atoms with van der Waals surface area (Å²) in [6.45, 7) is 3.15. The molecule has 1 aromatic heterocycles. The number of nitrogens with zero attached hydrogens (tertiary/aromatic N) is 2. The van der Waals surface area contributed by atoms with Gasteiger partial charge in [-0.3, -0.25) is 4.98 Å². The molecule has 0 radical (unpaired) electrons. The van der Waals surface area contributed by atoms with Crippen molar-refractivity contribution in [1.29, 1.82) is 0 Å². The fraction of sp³-hybridized carbons (Fsp3) is 0.250. The monoisotopic (exact) mass is 285 g/mol. The highest BCUT2D eigenvalue weighted by molar-refractivity contribution is 7.80. The minimum atomic E-state index is 0.329. The van der Waals surface area contributed by atoms with Crippen LogP contribution in [0.4, 0.5) is 11.4 Å². The molecule has 0 aliphatic carbocycles. The lowest BCUT2D eigenvalue weighted by Gasteiger charge is -2.25. The molecule has 0 aliphatic heterocycles. The average molecular weight is 285 g/mol. The molecular weight excluding hydrogens is 266 g/mol. The molecule has 0 fully saturated rings. The molecule has 1 heterocycles. The minimum absolute atomic E-state index is 0.329. The number of thiocarbonyl (C=S) groups is 1. The molecule has 3 nitrogen and oxygen atoms in total. The van der Waals surface area contributed by atoms with Crippen molar-refractivity contribution >= 4 is 28.6 Å². The number of rotatable bonds is 6. The predicted octanol–water partition coefficient (Wildman–Crippen LogP) is 3.65. The van der Waals surface area contributed by atoms with Crippen LogP contribution in [0, 0.1) is 0 Å². The Hall–Kier alpha value is -1.94. The smallest absolute Gasteiger partial charge is 0.122 e. The third-order valence-electron chi connectivity index (χ3n) is 3.11. The molecule has 0 unspecified atom stereocenters. The summed E-state index contributed by atoms with van der Waals surface area (Å²) in [5.41, 5.74) is 8.57. The van der Waals surface area contributed by atoms with Gasteiger partial charge >= 0.3 is 0 Å². The topological polar surface area (TPSA) is 42.2 Å². The lowest BCUT2D eigenvalue weighted by Crippen LogP contribution is -2.19. The van der Waals surface area contributed by atoms with Crippen LogP contribution < -0.4 is 10.6 Å². The van der Waals surface area contributed by atoms with Gasteiger partial charge in [-0.1, -0.05) is 43.8 Å². The largest absolute Gasteiger partial charge is 0.388 e. The summed E-state index contributed by atoms with van der Waals surface area (Å²) in [5.74, 6) is 0. The Morgan fingerprint density at radius 2 is 1.95 bits per heavy atom. The molecule has 0 bridgehead atoms. The quantitative estimate of drug-likeness (QED) is 0.823. The van der Waals surface area contributed by atoms with Crippen LogP contribution in [-0.2, 0) is 0 Å². The van der Waals surface area contributed by atoms with E-state index in [1.165, 1.54) is 5.69 Å². The first kappa shape index (κ1) is 14.5. The Morgan fingerprint density at radius 3 is 2.60 bits per heavy atom. The van der Waals surface area contributed by atoms with Crippen molar-refractivity contribution in [1.82, 2.24) is 4.98 Å². The fourth-order valence-electron chi connectivity index (χ4n) is 2.05. The van der Waals surface area contributed by atoms with E-state index in [1.807, 2.05) is 30.3 Å². The summed E-state index contributed by atoms with van der Waals surface area (Å²) < 4.78 is 0. The molecule has 0 amide bonds. The molecule has 104 valence electrons. The van der Waals surface area contributed by atoms with E-state index in [0.717, 1.165) is 25.1 Å². The van der Waals surface area contributed by atoms with Gasteiger partial charge in [0.25, 0.3) is 0 Å². The van der Waals surface area contributed by atoms with Gasteiger partial charge in [0.15, 0.2) is 0 Å². The Morgan fingerprint density at radius 1 is 1.20 bits per heavy atom. The van der Waals surface area contributed by atoms with Crippen LogP contribution in [0.1, 0.15) is 25.5 Å². The van der Waals surface area contributed by atoms with Crippen LogP contribution in [0.2, 0.25) is 0 Å². The third kappa shape index (κ3) is 3.54. The molecular formula is C16H19N3S. The molecule has 2 aromatic rings. The highest BCUT2D eigenvalue weighted by Gasteiger charge is 2.10. The van der Waals surface area contributed by atoms with Gasteiger partial charge in [-0.25, -0.2) is 0 Å². The second-order valence-corrected chi connectivity index (χ2v) is 5.04. The van der Waals surface area contributed by atoms with Crippen molar-refractivity contribution < 1.29 is 0 Å². The van der Waals surface area contributed by atoms with Crippen LogP contribution in [0.3, 0.4) is 0 Å². The van der Waals surface area contributed by atoms with Gasteiger partial charge in [-0.15, -0.1) is 0 Å². The second-order valence-electron chi connectivity index (χ2n) is 4.60. The molecule has 0 atom stereocenters. The summed E-state index contributed by atoms with van der Waals surface area (Å²) in [6, 6.07) is 14.3. The Bertz CT molecular complexity index is 569. The van der Waals surface area contributed by atoms with Crippen LogP contribution in [0.15, 0.2) is 48.7 Å². The lowest BCUT2D eigenvalue weighted by molar-refractivity contribution is 0.785. The maximum Gasteiger partial charge on any atom is 0.122 e. The first-order valence-corrected chi connectivity index (χ1v) is 7.21. The zero-order chi connectivity index (χ0) is 14.4. The maximum absolute atomic E-state index is 5.67. The first-order valence-electron chi connectivity index (χ1n) is 6.81. The van der Waals surface area contributed by atoms with Gasteiger partial charge in [-0.05, 0) is 30.7 Å². The van der Waals surface area contributed by atoms with Crippen LogP contribution in [-0.4, -0.2) is 16.5 Å². The van der Waals surface area contributed by atoms with Gasteiger partial charge in [0.05, 0.1) is 5.69 Å². The van der Waals surface area contributed by atoms with Crippen LogP contribution in [0.25, 0.3) is 0 Å². The zero-order valence-electron chi connectivity index (χ0n) is 11.6. The van der Waals surface area contributed by atoms with Crippen LogP contribution >= 0.6 is 12.2 Å². The van der Waals surface area contributed by atoms with E-state index in [9.17, 15) is 0 Å². The van der Waals surface area contributed by atoms with Crippen molar-refractivity contribution in [2.45, 2.75) is 19.8 Å². The number of unbranched alkanes of at least 4 members (excludes halogenated alkanes) is 1. The molecule has 0 spiro atoms. The number of aromatic nitrogens is 1. The zero-order valence-corrected chi connectivity index (χ0v) is 12.4. The number of nitrogens with two attached hydrogens (primary N) is 1. The Balaban J connectivity index is 2.36. The summed E-state index contributed by atoms with van der Waals surface area (Å²) in [6.07, 6.45) is 4.03. The van der Waals surface area contributed by atoms with E-state index in [-0.39, 0.29) is 0 Å². The molecule has 0 saturated heterocycles. The van der Waals surface area contributed by atoms with Gasteiger partial charge in [0.2, 0.25) is 0 Å². The van der Waals surface area contributed by atoms with Crippen molar-refractivity contribution in [3.8, 4) is 0 Å². The Labute approximate surface area is 125 Å². The standard InChI is InChI=1S/C16H19N3S/c1-2-3-11-19(13-7-5-4-6-8-13)14-9-10-18-15(12-14)16(17)20/h4-10,12H,2-3,11H2,1H3,(H2,17,20). The average Bonchev–Trinajstić information content (AvgIpc) is 2.49. The van der Waals surface area contributed by atoms with Gasteiger partial charge in [-0.2, -0.15) is 0 Å². The SMILES string of the molecule is CCCCN(c1ccccc1)c1ccnc(C(N)=S)c1. The summed E-state index contributed by atoms with van der Waals surface area (Å²) >= 11 is 5.01. The second kappa shape index (κ2) is 7.01. The molecule has 0 saturated carbocycles. The number of anilines is 2. The van der Waals surface area contributed by atoms with Gasteiger partial charge in [0.1, 0.15) is 4.99 Å². The normalized spacial score (nSPS) is 10.2. The van der Waals surface area contributed by atoms with Crippen LogP contribution in [0.5, 0.6) is 0 Å². The lowest BCUT2D eigenvalue weighted by atomic mass is 10.2. The number of pyridine rings is 1. The summed E-state index contributed by atoms with van der Waals surface area (Å²) in [5, 5.41) is 0. The van der Waals surface area contributed by atoms with Gasteiger partial charge in [0, 0.05) is 24.1 Å². The number of hydrogen-bond donors (Lipinski definition) is 1. The van der Waals surface area contributed by atoms with E-state index >= 15 is 0 Å². The van der Waals surface area contributed by atoms with E-state index in [2.05, 4.69) is 28.9 Å². The van der Waals surface area contributed by atoms with Crippen molar-refractivity contribution in [2.75, 3.05) is 11.4 Å². The fourth-order valence-corrected chi connectivity index (χ4v) is 2.17. The van der Waals surface area contributed by atoms with E-state index in [0.29, 0.717) is 10.7 Å². The predicted molar refractivity (Wildman–Crippen MR) is 88.5 cm³/mol. The highest BCUT2D eigenvalue weighted by atomic mass is 32.1. The van der Waals surface area contributed by atoms with E-state index < -0.39 is 0 Å². The molecule has 20 heavy (non-hydrogen) atoms. The highest BCUT2D eigenvalue weighted by Crippen LogP contribution is 2.25. The van der Waals surface area contributed by atoms with E-state index in [1.54, 1.807) is 6.20 Å². The maximum atomic E-state index is 5.67. The van der Waals surface area contributed by atoms with Crippen molar-refractivity contribution in [2.24, 2.45) is 5.73 Å². The third-order valence-corrected chi connectivity index (χ3v) is 3.32. The molecule has 1 aromatic carbocycles. The van der Waals surface area contributed by atoms with E-state index in [4.69, 9.17) is 18.0 Å². The molecule has 2 N–H and O–H groups in total. The van der Waals surface area contributed by atoms with Crippen molar-refractivity contribution in [3.63, 3.8) is 0 Å². The first-order chi connectivity index (χ1) is 9.72. The van der Waals surface area contributed by atoms with Gasteiger partial charge < -0.3 is 10.6 Å².